The second kappa shape index (κ2) is 8.76. The molecule has 3 N–H and O–H groups in total. The summed E-state index contributed by atoms with van der Waals surface area (Å²) in [6.07, 6.45) is -6.92. The topological polar surface area (TPSA) is 137 Å². The Hall–Kier alpha value is -5.50. The number of pyridine rings is 1. The number of carbonyl (C=O) groups excluding carboxylic acids is 2. The van der Waals surface area contributed by atoms with E-state index in [0.717, 1.165) is 30.7 Å². The Balaban J connectivity index is 1.68. The van der Waals surface area contributed by atoms with Crippen LogP contribution >= 0.6 is 0 Å². The van der Waals surface area contributed by atoms with E-state index >= 15 is 0 Å². The first kappa shape index (κ1) is 25.8. The molecule has 4 heterocycles. The van der Waals surface area contributed by atoms with E-state index in [-0.39, 0.29) is 27.5 Å². The van der Waals surface area contributed by atoms with Crippen LogP contribution in [0.5, 0.6) is 0 Å². The van der Waals surface area contributed by atoms with Crippen molar-refractivity contribution in [2.24, 2.45) is 5.73 Å². The van der Waals surface area contributed by atoms with Crippen LogP contribution in [0.3, 0.4) is 0 Å². The first-order valence-electron chi connectivity index (χ1n) is 11.4. The van der Waals surface area contributed by atoms with Crippen LogP contribution < -0.4 is 11.1 Å². The van der Waals surface area contributed by atoms with Crippen LogP contribution in [-0.4, -0.2) is 46.6 Å². The summed E-state index contributed by atoms with van der Waals surface area (Å²) in [5, 5.41) is 12.1. The minimum absolute atomic E-state index is 0.0108. The monoisotopic (exact) mass is 570 g/mol. The zero-order valence-corrected chi connectivity index (χ0v) is 20.0. The summed E-state index contributed by atoms with van der Waals surface area (Å²) in [6, 6.07) is 6.96. The molecule has 0 radical (unpaired) electrons. The Morgan fingerprint density at radius 2 is 1.66 bits per heavy atom. The molecule has 0 unspecified atom stereocenters. The van der Waals surface area contributed by atoms with Crippen molar-refractivity contribution in [2.45, 2.75) is 12.4 Å². The molecule has 4 aromatic heterocycles. The Kier molecular flexibility index (Phi) is 5.50. The molecule has 0 saturated heterocycles. The van der Waals surface area contributed by atoms with Crippen LogP contribution in [0.15, 0.2) is 55.0 Å². The van der Waals surface area contributed by atoms with Crippen molar-refractivity contribution in [3.05, 3.63) is 77.2 Å². The van der Waals surface area contributed by atoms with Gasteiger partial charge in [-0.3, -0.25) is 4.79 Å². The number of primary amides is 1. The number of halogens is 6. The van der Waals surface area contributed by atoms with Crippen molar-refractivity contribution in [1.82, 2.24) is 34.7 Å². The highest BCUT2D eigenvalue weighted by Gasteiger charge is 2.43. The van der Waals surface area contributed by atoms with Crippen LogP contribution in [0, 0.1) is 0 Å². The summed E-state index contributed by atoms with van der Waals surface area (Å²) in [5.41, 5.74) is -0.519. The molecule has 0 saturated carbocycles. The quantitative estimate of drug-likeness (QED) is 0.311. The fraction of sp³-hybridized carbons (Fsp3) is 0.0800. The Morgan fingerprint density at radius 1 is 0.951 bits per heavy atom. The summed E-state index contributed by atoms with van der Waals surface area (Å²) in [5.74, 6) is 0.124. The largest absolute Gasteiger partial charge is 0.434 e. The third kappa shape index (κ3) is 4.00. The van der Waals surface area contributed by atoms with Gasteiger partial charge in [-0.25, -0.2) is 14.5 Å². The molecule has 0 atom stereocenters. The minimum atomic E-state index is -5.24. The molecule has 0 fully saturated rings. The summed E-state index contributed by atoms with van der Waals surface area (Å²) in [6.45, 7) is 0. The lowest BCUT2D eigenvalue weighted by atomic mass is 10.0. The van der Waals surface area contributed by atoms with E-state index in [4.69, 9.17) is 5.73 Å². The van der Waals surface area contributed by atoms with Gasteiger partial charge in [-0.05, 0) is 12.1 Å². The lowest BCUT2D eigenvalue weighted by Gasteiger charge is -2.13. The Morgan fingerprint density at radius 3 is 2.29 bits per heavy atom. The highest BCUT2D eigenvalue weighted by Crippen LogP contribution is 2.42. The average molecular weight is 570 g/mol. The minimum Gasteiger partial charge on any atom is -0.365 e. The second-order valence-electron chi connectivity index (χ2n) is 8.72. The van der Waals surface area contributed by atoms with E-state index in [0.29, 0.717) is 20.9 Å². The molecule has 6 aromatic rings. The number of aromatic nitrogens is 7. The Bertz CT molecular complexity index is 2070. The number of hydrogen-bond donors (Lipinski definition) is 2. The maximum absolute atomic E-state index is 14.5. The van der Waals surface area contributed by atoms with E-state index in [9.17, 15) is 35.9 Å². The predicted octanol–water partition coefficient (Wildman–Crippen LogP) is 3.51. The van der Waals surface area contributed by atoms with Gasteiger partial charge in [0.1, 0.15) is 16.7 Å². The summed E-state index contributed by atoms with van der Waals surface area (Å²) >= 11 is 0. The zero-order chi connectivity index (χ0) is 29.3. The van der Waals surface area contributed by atoms with Gasteiger partial charge in [0.2, 0.25) is 0 Å². The number of amides is 1. The number of benzene rings is 2. The maximum Gasteiger partial charge on any atom is 0.434 e. The first-order valence-corrected chi connectivity index (χ1v) is 11.4. The van der Waals surface area contributed by atoms with Crippen molar-refractivity contribution >= 4 is 33.7 Å². The van der Waals surface area contributed by atoms with Gasteiger partial charge >= 0.3 is 12.4 Å². The number of nitrogens with zero attached hydrogens (tertiary/aromatic N) is 6. The third-order valence-corrected chi connectivity index (χ3v) is 6.35. The van der Waals surface area contributed by atoms with Gasteiger partial charge < -0.3 is 10.7 Å². The number of carbonyl (C=O) groups is 1. The van der Waals surface area contributed by atoms with Crippen LogP contribution in [0.1, 0.15) is 21.6 Å². The smallest absolute Gasteiger partial charge is 0.365 e. The maximum atomic E-state index is 14.5. The summed E-state index contributed by atoms with van der Waals surface area (Å²) < 4.78 is 86.1. The SMILES string of the molecule is NC(=O)c1c(-c2ccc(-n3nccn3)c(C(F)(F)F)c2)nn(-c2cnc3[nH]c(=C=O)c4cccc2c34)c1C(F)(F)F. The van der Waals surface area contributed by atoms with Crippen LogP contribution in [-0.2, 0) is 17.1 Å². The van der Waals surface area contributed by atoms with Gasteiger partial charge in [0.25, 0.3) is 5.91 Å². The standard InChI is InChI=1S/C25H12F6N8O2/c26-24(27,28)14-8-11(4-5-16(14)39-34-6-7-35-39)20-19(22(32)41)21(25(29,30)31)38(37-20)17-9-33-23-18-12(15(10-40)36-23)2-1-3-13(17)18/h1-9H,(H2,32,41)(H,33,36). The normalized spacial score (nSPS) is 12.3. The highest BCUT2D eigenvalue weighted by atomic mass is 19.4. The van der Waals surface area contributed by atoms with Crippen LogP contribution in [0.4, 0.5) is 26.3 Å². The molecule has 0 spiro atoms. The molecular weight excluding hydrogens is 558 g/mol. The fourth-order valence-corrected chi connectivity index (χ4v) is 4.73. The fourth-order valence-electron chi connectivity index (χ4n) is 4.73. The molecule has 206 valence electrons. The molecule has 10 nitrogen and oxygen atoms in total. The molecule has 0 aliphatic rings. The lowest BCUT2D eigenvalue weighted by molar-refractivity contribution is -0.143. The van der Waals surface area contributed by atoms with E-state index in [1.165, 1.54) is 18.2 Å². The van der Waals surface area contributed by atoms with Gasteiger partial charge in [-0.15, -0.1) is 0 Å². The Labute approximate surface area is 222 Å². The summed E-state index contributed by atoms with van der Waals surface area (Å²) in [4.78, 5) is 31.3. The lowest BCUT2D eigenvalue weighted by Crippen LogP contribution is -2.21. The van der Waals surface area contributed by atoms with Gasteiger partial charge in [0, 0.05) is 21.7 Å². The average Bonchev–Trinajstić information content (AvgIpc) is 3.66. The van der Waals surface area contributed by atoms with Crippen LogP contribution in [0.2, 0.25) is 0 Å². The number of aromatic amines is 1. The van der Waals surface area contributed by atoms with E-state index in [1.54, 1.807) is 5.94 Å². The number of nitrogens with two attached hydrogens (primary N) is 1. The molecule has 2 aromatic carbocycles. The number of nitrogens with one attached hydrogen (secondary N) is 1. The molecular formula is C25H12F6N8O2. The molecule has 1 amide bonds. The van der Waals surface area contributed by atoms with Crippen molar-refractivity contribution in [2.75, 3.05) is 0 Å². The van der Waals surface area contributed by atoms with Gasteiger partial charge in [0.05, 0.1) is 41.1 Å². The molecule has 41 heavy (non-hydrogen) atoms. The van der Waals surface area contributed by atoms with Crippen molar-refractivity contribution in [3.63, 3.8) is 0 Å². The van der Waals surface area contributed by atoms with Gasteiger partial charge in [-0.2, -0.15) is 46.4 Å². The zero-order valence-electron chi connectivity index (χ0n) is 20.0. The summed E-state index contributed by atoms with van der Waals surface area (Å²) in [7, 11) is 0. The van der Waals surface area contributed by atoms with Gasteiger partial charge in [-0.1, -0.05) is 24.3 Å². The molecule has 6 rings (SSSR count). The molecule has 0 bridgehead atoms. The second-order valence-corrected chi connectivity index (χ2v) is 8.72. The van der Waals surface area contributed by atoms with Crippen molar-refractivity contribution in [1.29, 1.82) is 0 Å². The van der Waals surface area contributed by atoms with E-state index in [1.807, 2.05) is 0 Å². The molecule has 16 heteroatoms. The third-order valence-electron chi connectivity index (χ3n) is 6.35. The van der Waals surface area contributed by atoms with Gasteiger partial charge in [0.15, 0.2) is 11.6 Å². The number of H-pyrrole nitrogens is 1. The van der Waals surface area contributed by atoms with Crippen molar-refractivity contribution in [3.8, 4) is 22.6 Å². The first-order chi connectivity index (χ1) is 19.4. The van der Waals surface area contributed by atoms with E-state index < -0.39 is 52.0 Å². The van der Waals surface area contributed by atoms with Crippen LogP contribution in [0.25, 0.3) is 44.4 Å². The van der Waals surface area contributed by atoms with E-state index in [2.05, 4.69) is 25.3 Å². The van der Waals surface area contributed by atoms with Crippen molar-refractivity contribution < 1.29 is 35.9 Å². The molecule has 0 aliphatic carbocycles. The highest BCUT2D eigenvalue weighted by molar-refractivity contribution is 6.11. The number of hydrogen-bond acceptors (Lipinski definition) is 6. The number of rotatable bonds is 4. The predicted molar refractivity (Wildman–Crippen MR) is 130 cm³/mol. The molecule has 0 aliphatic heterocycles. The number of alkyl halides is 6.